The van der Waals surface area contributed by atoms with Gasteiger partial charge in [0, 0.05) is 29.2 Å². The maximum atomic E-state index is 12.0. The highest BCUT2D eigenvalue weighted by molar-refractivity contribution is 6.13. The zero-order valence-electron chi connectivity index (χ0n) is 12.1. The Morgan fingerprint density at radius 1 is 1.40 bits per heavy atom. The lowest BCUT2D eigenvalue weighted by molar-refractivity contribution is 0.104. The molecule has 1 saturated carbocycles. The van der Waals surface area contributed by atoms with E-state index in [1.807, 2.05) is 6.20 Å². The Morgan fingerprint density at radius 3 is 2.85 bits per heavy atom. The van der Waals surface area contributed by atoms with Crippen LogP contribution in [0.2, 0.25) is 0 Å². The summed E-state index contributed by atoms with van der Waals surface area (Å²) in [6.07, 6.45) is 8.76. The van der Waals surface area contributed by atoms with Gasteiger partial charge in [0.2, 0.25) is 0 Å². The van der Waals surface area contributed by atoms with Crippen LogP contribution >= 0.6 is 0 Å². The van der Waals surface area contributed by atoms with Crippen molar-refractivity contribution < 1.29 is 4.79 Å². The third-order valence-corrected chi connectivity index (χ3v) is 4.42. The molecule has 0 bridgehead atoms. The van der Waals surface area contributed by atoms with Gasteiger partial charge in [-0.3, -0.25) is 4.79 Å². The molecule has 0 spiro atoms. The number of fused-ring (bicyclic) bond motifs is 1. The minimum absolute atomic E-state index is 0.0176. The predicted molar refractivity (Wildman–Crippen MR) is 83.2 cm³/mol. The number of allylic oxidation sites excluding steroid dienone is 1. The van der Waals surface area contributed by atoms with Crippen molar-refractivity contribution in [1.29, 1.82) is 0 Å². The molecule has 1 heterocycles. The topological polar surface area (TPSA) is 22.0 Å². The third-order valence-electron chi connectivity index (χ3n) is 4.42. The van der Waals surface area contributed by atoms with Crippen molar-refractivity contribution in [3.05, 3.63) is 48.2 Å². The summed E-state index contributed by atoms with van der Waals surface area (Å²) in [5.41, 5.74) is 3.20. The summed E-state index contributed by atoms with van der Waals surface area (Å²) in [6.45, 7) is 6.75. The van der Waals surface area contributed by atoms with Crippen LogP contribution in [0.15, 0.2) is 37.1 Å². The molecule has 2 aromatic rings. The van der Waals surface area contributed by atoms with Gasteiger partial charge in [0.05, 0.1) is 0 Å². The summed E-state index contributed by atoms with van der Waals surface area (Å²) >= 11 is 0. The fourth-order valence-electron chi connectivity index (χ4n) is 3.33. The van der Waals surface area contributed by atoms with Crippen molar-refractivity contribution in [3.8, 4) is 0 Å². The van der Waals surface area contributed by atoms with Crippen molar-refractivity contribution >= 4 is 16.7 Å². The lowest BCUT2D eigenvalue weighted by Gasteiger charge is -2.11. The quantitative estimate of drug-likeness (QED) is 0.590. The van der Waals surface area contributed by atoms with E-state index in [-0.39, 0.29) is 5.78 Å². The number of hydrogen-bond acceptors (Lipinski definition) is 1. The van der Waals surface area contributed by atoms with Crippen molar-refractivity contribution in [2.75, 3.05) is 0 Å². The van der Waals surface area contributed by atoms with E-state index < -0.39 is 0 Å². The summed E-state index contributed by atoms with van der Waals surface area (Å²) in [7, 11) is 0. The smallest absolute Gasteiger partial charge is 0.187 e. The van der Waals surface area contributed by atoms with E-state index in [1.54, 1.807) is 0 Å². The normalized spacial score (nSPS) is 15.8. The summed E-state index contributed by atoms with van der Waals surface area (Å²) in [5, 5.41) is 1.05. The number of carbonyl (C=O) groups is 1. The SMILES string of the molecule is C=CC(=O)c1cn(CC2CCCC2)c2cc(C)ccc12. The zero-order valence-corrected chi connectivity index (χ0v) is 12.1. The van der Waals surface area contributed by atoms with Crippen LogP contribution < -0.4 is 0 Å². The van der Waals surface area contributed by atoms with Crippen LogP contribution in [0.3, 0.4) is 0 Å². The molecule has 0 amide bonds. The molecular weight excluding hydrogens is 246 g/mol. The largest absolute Gasteiger partial charge is 0.346 e. The maximum absolute atomic E-state index is 12.0. The molecule has 0 aliphatic heterocycles. The first kappa shape index (κ1) is 13.2. The Labute approximate surface area is 120 Å². The van der Waals surface area contributed by atoms with E-state index in [2.05, 4.69) is 36.3 Å². The molecule has 0 radical (unpaired) electrons. The maximum Gasteiger partial charge on any atom is 0.187 e. The first-order chi connectivity index (χ1) is 9.69. The lowest BCUT2D eigenvalue weighted by atomic mass is 10.1. The van der Waals surface area contributed by atoms with Crippen molar-refractivity contribution in [2.24, 2.45) is 5.92 Å². The van der Waals surface area contributed by atoms with E-state index in [0.29, 0.717) is 0 Å². The number of aryl methyl sites for hydroxylation is 1. The number of hydrogen-bond donors (Lipinski definition) is 0. The van der Waals surface area contributed by atoms with Crippen molar-refractivity contribution in [3.63, 3.8) is 0 Å². The van der Waals surface area contributed by atoms with E-state index in [1.165, 1.54) is 42.8 Å². The van der Waals surface area contributed by atoms with Gasteiger partial charge in [-0.1, -0.05) is 31.6 Å². The Bertz CT molecular complexity index is 659. The van der Waals surface area contributed by atoms with E-state index in [4.69, 9.17) is 0 Å². The van der Waals surface area contributed by atoms with Crippen molar-refractivity contribution in [2.45, 2.75) is 39.2 Å². The second-order valence-electron chi connectivity index (χ2n) is 5.93. The molecule has 2 heteroatoms. The highest BCUT2D eigenvalue weighted by Crippen LogP contribution is 2.30. The molecule has 0 saturated heterocycles. The van der Waals surface area contributed by atoms with Gasteiger partial charge in [-0.15, -0.1) is 0 Å². The number of nitrogens with zero attached hydrogens (tertiary/aromatic N) is 1. The van der Waals surface area contributed by atoms with E-state index in [0.717, 1.165) is 23.4 Å². The molecule has 1 aliphatic carbocycles. The molecule has 1 aliphatic rings. The number of benzene rings is 1. The number of ketones is 1. The lowest BCUT2D eigenvalue weighted by Crippen LogP contribution is -2.06. The Hall–Kier alpha value is -1.83. The molecule has 1 aromatic heterocycles. The number of aromatic nitrogens is 1. The Kier molecular flexibility index (Phi) is 3.47. The molecule has 0 atom stereocenters. The van der Waals surface area contributed by atoms with Gasteiger partial charge >= 0.3 is 0 Å². The van der Waals surface area contributed by atoms with Crippen LogP contribution in [-0.4, -0.2) is 10.4 Å². The molecule has 0 N–H and O–H groups in total. The summed E-state index contributed by atoms with van der Waals surface area (Å²) in [4.78, 5) is 12.0. The predicted octanol–water partition coefficient (Wildman–Crippen LogP) is 4.51. The minimum atomic E-state index is 0.0176. The molecule has 20 heavy (non-hydrogen) atoms. The van der Waals surface area contributed by atoms with Crippen LogP contribution in [0, 0.1) is 12.8 Å². The second-order valence-corrected chi connectivity index (χ2v) is 5.93. The molecule has 1 fully saturated rings. The van der Waals surface area contributed by atoms with E-state index >= 15 is 0 Å². The first-order valence-electron chi connectivity index (χ1n) is 7.45. The number of carbonyl (C=O) groups excluding carboxylic acids is 1. The Morgan fingerprint density at radius 2 is 2.15 bits per heavy atom. The minimum Gasteiger partial charge on any atom is -0.346 e. The molecular formula is C18H21NO. The van der Waals surface area contributed by atoms with Gasteiger partial charge < -0.3 is 4.57 Å². The van der Waals surface area contributed by atoms with Crippen LogP contribution in [0.5, 0.6) is 0 Å². The molecule has 1 aromatic carbocycles. The highest BCUT2D eigenvalue weighted by atomic mass is 16.1. The first-order valence-corrected chi connectivity index (χ1v) is 7.45. The fourth-order valence-corrected chi connectivity index (χ4v) is 3.33. The summed E-state index contributed by atoms with van der Waals surface area (Å²) < 4.78 is 2.27. The van der Waals surface area contributed by atoms with Gasteiger partial charge in [-0.25, -0.2) is 0 Å². The second kappa shape index (κ2) is 5.28. The molecule has 0 unspecified atom stereocenters. The van der Waals surface area contributed by atoms with Crippen molar-refractivity contribution in [1.82, 2.24) is 4.57 Å². The zero-order chi connectivity index (χ0) is 14.1. The van der Waals surface area contributed by atoms with Crippen LogP contribution in [0.25, 0.3) is 10.9 Å². The van der Waals surface area contributed by atoms with Gasteiger partial charge in [0.25, 0.3) is 0 Å². The summed E-state index contributed by atoms with van der Waals surface area (Å²) in [5.74, 6) is 0.779. The molecule has 104 valence electrons. The van der Waals surface area contributed by atoms with Gasteiger partial charge in [0.1, 0.15) is 0 Å². The average Bonchev–Trinajstić information content (AvgIpc) is 3.07. The van der Waals surface area contributed by atoms with Crippen LogP contribution in [0.1, 0.15) is 41.6 Å². The van der Waals surface area contributed by atoms with Crippen LogP contribution in [0.4, 0.5) is 0 Å². The van der Waals surface area contributed by atoms with E-state index in [9.17, 15) is 4.79 Å². The van der Waals surface area contributed by atoms with Gasteiger partial charge in [0.15, 0.2) is 5.78 Å². The molecule has 2 nitrogen and oxygen atoms in total. The summed E-state index contributed by atoms with van der Waals surface area (Å²) in [6, 6.07) is 6.32. The van der Waals surface area contributed by atoms with Crippen LogP contribution in [-0.2, 0) is 6.54 Å². The highest BCUT2D eigenvalue weighted by Gasteiger charge is 2.18. The Balaban J connectivity index is 2.07. The van der Waals surface area contributed by atoms with Gasteiger partial charge in [-0.2, -0.15) is 0 Å². The standard InChI is InChI=1S/C18H21NO/c1-3-18(20)16-12-19(11-14-6-4-5-7-14)17-10-13(2)8-9-15(16)17/h3,8-10,12,14H,1,4-7,11H2,2H3. The fraction of sp³-hybridized carbons (Fsp3) is 0.389. The monoisotopic (exact) mass is 267 g/mol. The molecule has 3 rings (SSSR count). The third kappa shape index (κ3) is 2.31. The average molecular weight is 267 g/mol. The van der Waals surface area contributed by atoms with Gasteiger partial charge in [-0.05, 0) is 43.4 Å². The number of rotatable bonds is 4.